The van der Waals surface area contributed by atoms with Gasteiger partial charge in [-0.1, -0.05) is 18.9 Å². The number of carbonyl (C=O) groups excluding carboxylic acids is 1. The second kappa shape index (κ2) is 7.09. The molecule has 1 saturated carbocycles. The lowest BCUT2D eigenvalue weighted by molar-refractivity contribution is -0.133. The van der Waals surface area contributed by atoms with Gasteiger partial charge in [0.05, 0.1) is 6.04 Å². The topological polar surface area (TPSA) is 32.3 Å². The number of rotatable bonds is 5. The van der Waals surface area contributed by atoms with Gasteiger partial charge < -0.3 is 10.2 Å². The lowest BCUT2D eigenvalue weighted by atomic mass is 9.77. The molecule has 0 aromatic heterocycles. The molecule has 1 heterocycles. The highest BCUT2D eigenvalue weighted by Gasteiger charge is 2.35. The number of hydrogen-bond acceptors (Lipinski definition) is 2. The molecule has 108 valence electrons. The quantitative estimate of drug-likeness (QED) is 0.611. The van der Waals surface area contributed by atoms with E-state index in [1.807, 2.05) is 18.0 Å². The SMILES string of the molecule is C=CCCCN(C)C(=O)C1CCC2CCCCC2N1. The zero-order valence-electron chi connectivity index (χ0n) is 12.2. The third-order valence-electron chi connectivity index (χ3n) is 4.73. The van der Waals surface area contributed by atoms with Crippen molar-refractivity contribution < 1.29 is 4.79 Å². The molecule has 3 unspecified atom stereocenters. The Bertz CT molecular complexity index is 316. The monoisotopic (exact) mass is 264 g/mol. The molecular weight excluding hydrogens is 236 g/mol. The van der Waals surface area contributed by atoms with E-state index in [9.17, 15) is 4.79 Å². The van der Waals surface area contributed by atoms with Crippen LogP contribution in [0.15, 0.2) is 12.7 Å². The minimum Gasteiger partial charge on any atom is -0.344 e. The van der Waals surface area contributed by atoms with Crippen LogP contribution in [0.4, 0.5) is 0 Å². The molecule has 1 N–H and O–H groups in total. The number of amides is 1. The summed E-state index contributed by atoms with van der Waals surface area (Å²) >= 11 is 0. The Hall–Kier alpha value is -0.830. The second-order valence-corrected chi connectivity index (χ2v) is 6.14. The van der Waals surface area contributed by atoms with Crippen molar-refractivity contribution in [2.75, 3.05) is 13.6 Å². The highest BCUT2D eigenvalue weighted by molar-refractivity contribution is 5.81. The summed E-state index contributed by atoms with van der Waals surface area (Å²) in [6.07, 6.45) is 11.5. The van der Waals surface area contributed by atoms with Crippen LogP contribution < -0.4 is 5.32 Å². The van der Waals surface area contributed by atoms with Gasteiger partial charge in [0, 0.05) is 19.6 Å². The summed E-state index contributed by atoms with van der Waals surface area (Å²) in [5.41, 5.74) is 0. The lowest BCUT2D eigenvalue weighted by Gasteiger charge is -2.40. The summed E-state index contributed by atoms with van der Waals surface area (Å²) in [5.74, 6) is 1.11. The van der Waals surface area contributed by atoms with Crippen molar-refractivity contribution in [2.24, 2.45) is 5.92 Å². The largest absolute Gasteiger partial charge is 0.344 e. The van der Waals surface area contributed by atoms with Gasteiger partial charge in [-0.25, -0.2) is 0 Å². The molecule has 2 rings (SSSR count). The van der Waals surface area contributed by atoms with E-state index in [4.69, 9.17) is 0 Å². The number of nitrogens with one attached hydrogen (secondary N) is 1. The second-order valence-electron chi connectivity index (χ2n) is 6.14. The number of fused-ring (bicyclic) bond motifs is 1. The summed E-state index contributed by atoms with van der Waals surface area (Å²) in [4.78, 5) is 14.3. The van der Waals surface area contributed by atoms with Crippen molar-refractivity contribution in [1.82, 2.24) is 10.2 Å². The molecule has 1 saturated heterocycles. The maximum Gasteiger partial charge on any atom is 0.239 e. The van der Waals surface area contributed by atoms with E-state index in [-0.39, 0.29) is 11.9 Å². The van der Waals surface area contributed by atoms with E-state index in [2.05, 4.69) is 11.9 Å². The van der Waals surface area contributed by atoms with Gasteiger partial charge in [-0.3, -0.25) is 4.79 Å². The molecule has 1 amide bonds. The Labute approximate surface area is 117 Å². The lowest BCUT2D eigenvalue weighted by Crippen LogP contribution is -2.55. The van der Waals surface area contributed by atoms with Crippen LogP contribution in [0.25, 0.3) is 0 Å². The van der Waals surface area contributed by atoms with Gasteiger partial charge in [0.25, 0.3) is 0 Å². The highest BCUT2D eigenvalue weighted by Crippen LogP contribution is 2.32. The first-order valence-corrected chi connectivity index (χ1v) is 7.84. The average Bonchev–Trinajstić information content (AvgIpc) is 2.46. The minimum absolute atomic E-state index is 0.0630. The molecule has 0 bridgehead atoms. The van der Waals surface area contributed by atoms with Crippen LogP contribution in [0, 0.1) is 5.92 Å². The van der Waals surface area contributed by atoms with E-state index in [1.165, 1.54) is 32.1 Å². The van der Waals surface area contributed by atoms with Crippen molar-refractivity contribution >= 4 is 5.91 Å². The maximum absolute atomic E-state index is 12.4. The Morgan fingerprint density at radius 2 is 2.11 bits per heavy atom. The van der Waals surface area contributed by atoms with E-state index in [0.717, 1.165) is 31.7 Å². The molecule has 1 aliphatic carbocycles. The van der Waals surface area contributed by atoms with Crippen LogP contribution >= 0.6 is 0 Å². The molecule has 3 atom stereocenters. The number of allylic oxidation sites excluding steroid dienone is 1. The summed E-state index contributed by atoms with van der Waals surface area (Å²) < 4.78 is 0. The van der Waals surface area contributed by atoms with E-state index < -0.39 is 0 Å². The molecule has 1 aliphatic heterocycles. The zero-order chi connectivity index (χ0) is 13.7. The van der Waals surface area contributed by atoms with E-state index in [1.54, 1.807) is 0 Å². The summed E-state index contributed by atoms with van der Waals surface area (Å²) in [5, 5.41) is 3.62. The molecule has 2 aliphatic rings. The van der Waals surface area contributed by atoms with Crippen LogP contribution in [-0.4, -0.2) is 36.5 Å². The van der Waals surface area contributed by atoms with Gasteiger partial charge in [-0.05, 0) is 44.4 Å². The first-order valence-electron chi connectivity index (χ1n) is 7.84. The predicted molar refractivity (Wildman–Crippen MR) is 79.0 cm³/mol. The third-order valence-corrected chi connectivity index (χ3v) is 4.73. The Morgan fingerprint density at radius 1 is 1.32 bits per heavy atom. The Balaban J connectivity index is 1.80. The van der Waals surface area contributed by atoms with Crippen molar-refractivity contribution in [2.45, 2.75) is 63.5 Å². The summed E-state index contributed by atoms with van der Waals surface area (Å²) in [6, 6.07) is 0.658. The number of piperidine rings is 1. The normalized spacial score (nSPS) is 30.5. The molecular formula is C16H28N2O. The first kappa shape index (κ1) is 14.6. The number of carbonyl (C=O) groups is 1. The molecule has 3 nitrogen and oxygen atoms in total. The third kappa shape index (κ3) is 3.82. The van der Waals surface area contributed by atoms with Crippen molar-refractivity contribution in [3.05, 3.63) is 12.7 Å². The van der Waals surface area contributed by atoms with Crippen LogP contribution in [0.2, 0.25) is 0 Å². The van der Waals surface area contributed by atoms with E-state index in [0.29, 0.717) is 6.04 Å². The fourth-order valence-corrected chi connectivity index (χ4v) is 3.54. The fraction of sp³-hybridized carbons (Fsp3) is 0.812. The molecule has 0 aromatic carbocycles. The molecule has 0 radical (unpaired) electrons. The van der Waals surface area contributed by atoms with Gasteiger partial charge in [-0.2, -0.15) is 0 Å². The van der Waals surface area contributed by atoms with Gasteiger partial charge in [-0.15, -0.1) is 6.58 Å². The fourth-order valence-electron chi connectivity index (χ4n) is 3.54. The number of likely N-dealkylation sites (N-methyl/N-ethyl adjacent to an activating group) is 1. The summed E-state index contributed by atoms with van der Waals surface area (Å²) in [7, 11) is 1.93. The van der Waals surface area contributed by atoms with Crippen LogP contribution in [-0.2, 0) is 4.79 Å². The van der Waals surface area contributed by atoms with Crippen LogP contribution in [0.5, 0.6) is 0 Å². The summed E-state index contributed by atoms with van der Waals surface area (Å²) in [6.45, 7) is 4.57. The Kier molecular flexibility index (Phi) is 5.44. The average molecular weight is 264 g/mol. The molecule has 0 aromatic rings. The standard InChI is InChI=1S/C16H28N2O/c1-3-4-7-12-18(2)16(19)15-11-10-13-8-5-6-9-14(13)17-15/h3,13-15,17H,1,4-12H2,2H3. The molecule has 0 spiro atoms. The van der Waals surface area contributed by atoms with Gasteiger partial charge in [0.1, 0.15) is 0 Å². The number of nitrogens with zero attached hydrogens (tertiary/aromatic N) is 1. The van der Waals surface area contributed by atoms with Crippen molar-refractivity contribution in [1.29, 1.82) is 0 Å². The first-order chi connectivity index (χ1) is 9.22. The van der Waals surface area contributed by atoms with Crippen molar-refractivity contribution in [3.8, 4) is 0 Å². The minimum atomic E-state index is 0.0630. The predicted octanol–water partition coefficient (Wildman–Crippen LogP) is 2.72. The number of unbranched alkanes of at least 4 members (excludes halogenated alkanes) is 1. The van der Waals surface area contributed by atoms with Crippen molar-refractivity contribution in [3.63, 3.8) is 0 Å². The van der Waals surface area contributed by atoms with Gasteiger partial charge >= 0.3 is 0 Å². The molecule has 3 heteroatoms. The highest BCUT2D eigenvalue weighted by atomic mass is 16.2. The number of hydrogen-bond donors (Lipinski definition) is 1. The van der Waals surface area contributed by atoms with Gasteiger partial charge in [0.15, 0.2) is 0 Å². The smallest absolute Gasteiger partial charge is 0.239 e. The maximum atomic E-state index is 12.4. The van der Waals surface area contributed by atoms with Crippen LogP contribution in [0.3, 0.4) is 0 Å². The van der Waals surface area contributed by atoms with Crippen LogP contribution in [0.1, 0.15) is 51.4 Å². The Morgan fingerprint density at radius 3 is 2.89 bits per heavy atom. The molecule has 2 fully saturated rings. The van der Waals surface area contributed by atoms with E-state index >= 15 is 0 Å². The molecule has 19 heavy (non-hydrogen) atoms. The van der Waals surface area contributed by atoms with Gasteiger partial charge in [0.2, 0.25) is 5.91 Å². The zero-order valence-corrected chi connectivity index (χ0v) is 12.2.